The molecule has 0 saturated heterocycles. The van der Waals surface area contributed by atoms with Crippen molar-refractivity contribution in [3.63, 3.8) is 0 Å². The van der Waals surface area contributed by atoms with Gasteiger partial charge >= 0.3 is 11.9 Å². The second-order valence-electron chi connectivity index (χ2n) is 3.66. The minimum atomic E-state index is -1.17. The quantitative estimate of drug-likeness (QED) is 0.857. The Hall–Kier alpha value is -2.76. The number of ether oxygens (including phenoxy) is 1. The molecule has 0 amide bonds. The zero-order valence-corrected chi connectivity index (χ0v) is 9.70. The van der Waals surface area contributed by atoms with Crippen molar-refractivity contribution >= 4 is 11.9 Å². The molecule has 0 radical (unpaired) electrons. The van der Waals surface area contributed by atoms with Crippen LogP contribution in [-0.4, -0.2) is 22.2 Å². The highest BCUT2D eigenvalue weighted by Crippen LogP contribution is 2.19. The minimum Gasteiger partial charge on any atom is -0.485 e. The van der Waals surface area contributed by atoms with Gasteiger partial charge in [-0.1, -0.05) is 12.1 Å². The number of furan rings is 1. The van der Waals surface area contributed by atoms with Crippen LogP contribution in [0.4, 0.5) is 0 Å². The molecule has 1 aromatic heterocycles. The van der Waals surface area contributed by atoms with E-state index in [2.05, 4.69) is 0 Å². The van der Waals surface area contributed by atoms with E-state index in [0.29, 0.717) is 5.76 Å². The lowest BCUT2D eigenvalue weighted by Crippen LogP contribution is -2.02. The maximum absolute atomic E-state index is 10.9. The number of carbonyl (C=O) groups is 2. The molecule has 0 aliphatic carbocycles. The SMILES string of the molecule is O=C(O)c1ccc(COc2ccccc2C(=O)O)o1. The Kier molecular flexibility index (Phi) is 3.51. The monoisotopic (exact) mass is 262 g/mol. The summed E-state index contributed by atoms with van der Waals surface area (Å²) in [4.78, 5) is 21.6. The maximum Gasteiger partial charge on any atom is 0.371 e. The summed E-state index contributed by atoms with van der Waals surface area (Å²) < 4.78 is 10.3. The fraction of sp³-hybridized carbons (Fsp3) is 0.0769. The van der Waals surface area contributed by atoms with Gasteiger partial charge in [0.15, 0.2) is 0 Å². The molecule has 19 heavy (non-hydrogen) atoms. The van der Waals surface area contributed by atoms with Crippen molar-refractivity contribution in [3.8, 4) is 5.75 Å². The molecule has 6 heteroatoms. The first-order valence-electron chi connectivity index (χ1n) is 5.35. The Bertz CT molecular complexity index is 613. The van der Waals surface area contributed by atoms with Crippen LogP contribution in [0.1, 0.15) is 26.7 Å². The Labute approximate surface area is 107 Å². The van der Waals surface area contributed by atoms with E-state index in [1.54, 1.807) is 12.1 Å². The van der Waals surface area contributed by atoms with Gasteiger partial charge in [-0.05, 0) is 24.3 Å². The lowest BCUT2D eigenvalue weighted by atomic mass is 10.2. The van der Waals surface area contributed by atoms with Crippen LogP contribution in [0.2, 0.25) is 0 Å². The second-order valence-corrected chi connectivity index (χ2v) is 3.66. The molecular weight excluding hydrogens is 252 g/mol. The molecule has 0 fully saturated rings. The molecule has 6 nitrogen and oxygen atoms in total. The Morgan fingerprint density at radius 3 is 2.42 bits per heavy atom. The highest BCUT2D eigenvalue weighted by molar-refractivity contribution is 5.90. The van der Waals surface area contributed by atoms with E-state index in [0.717, 1.165) is 0 Å². The number of carboxylic acids is 2. The van der Waals surface area contributed by atoms with Gasteiger partial charge in [0.2, 0.25) is 5.76 Å². The molecule has 0 aliphatic rings. The summed E-state index contributed by atoms with van der Waals surface area (Å²) in [5.74, 6) is -1.95. The van der Waals surface area contributed by atoms with Crippen LogP contribution in [-0.2, 0) is 6.61 Å². The van der Waals surface area contributed by atoms with Crippen molar-refractivity contribution in [1.29, 1.82) is 0 Å². The van der Waals surface area contributed by atoms with Crippen molar-refractivity contribution < 1.29 is 29.0 Å². The fourth-order valence-corrected chi connectivity index (χ4v) is 1.49. The molecule has 0 spiro atoms. The van der Waals surface area contributed by atoms with Crippen molar-refractivity contribution in [3.05, 3.63) is 53.5 Å². The third kappa shape index (κ3) is 2.92. The molecule has 2 rings (SSSR count). The van der Waals surface area contributed by atoms with Gasteiger partial charge < -0.3 is 19.4 Å². The van der Waals surface area contributed by atoms with Crippen LogP contribution in [0.15, 0.2) is 40.8 Å². The molecule has 1 aromatic carbocycles. The number of benzene rings is 1. The maximum atomic E-state index is 10.9. The Balaban J connectivity index is 2.10. The van der Waals surface area contributed by atoms with E-state index in [1.807, 2.05) is 0 Å². The topological polar surface area (TPSA) is 97.0 Å². The van der Waals surface area contributed by atoms with Crippen molar-refractivity contribution in [2.24, 2.45) is 0 Å². The average Bonchev–Trinajstić information content (AvgIpc) is 2.85. The molecule has 0 bridgehead atoms. The molecule has 1 heterocycles. The molecule has 0 unspecified atom stereocenters. The Morgan fingerprint density at radius 1 is 1.05 bits per heavy atom. The van der Waals surface area contributed by atoms with Gasteiger partial charge in [-0.3, -0.25) is 0 Å². The summed E-state index contributed by atoms with van der Waals surface area (Å²) in [7, 11) is 0. The summed E-state index contributed by atoms with van der Waals surface area (Å²) in [6.07, 6.45) is 0. The van der Waals surface area contributed by atoms with Crippen molar-refractivity contribution in [2.75, 3.05) is 0 Å². The number of rotatable bonds is 5. The van der Waals surface area contributed by atoms with Crippen molar-refractivity contribution in [1.82, 2.24) is 0 Å². The van der Waals surface area contributed by atoms with Gasteiger partial charge in [0.25, 0.3) is 0 Å². The number of para-hydroxylation sites is 1. The first-order chi connectivity index (χ1) is 9.08. The van der Waals surface area contributed by atoms with Crippen LogP contribution in [0, 0.1) is 0 Å². The van der Waals surface area contributed by atoms with E-state index >= 15 is 0 Å². The summed E-state index contributed by atoms with van der Waals surface area (Å²) in [6.45, 7) is -0.0441. The Morgan fingerprint density at radius 2 is 1.79 bits per heavy atom. The number of carboxylic acid groups (broad SMARTS) is 2. The highest BCUT2D eigenvalue weighted by atomic mass is 16.5. The molecule has 0 saturated carbocycles. The average molecular weight is 262 g/mol. The largest absolute Gasteiger partial charge is 0.485 e. The normalized spacial score (nSPS) is 10.1. The smallest absolute Gasteiger partial charge is 0.371 e. The first kappa shape index (κ1) is 12.7. The lowest BCUT2D eigenvalue weighted by molar-refractivity contribution is 0.0657. The van der Waals surface area contributed by atoms with Crippen molar-refractivity contribution in [2.45, 2.75) is 6.61 Å². The van der Waals surface area contributed by atoms with Gasteiger partial charge in [-0.15, -0.1) is 0 Å². The number of hydrogen-bond acceptors (Lipinski definition) is 4. The van der Waals surface area contributed by atoms with E-state index in [9.17, 15) is 9.59 Å². The summed E-state index contributed by atoms with van der Waals surface area (Å²) in [5, 5.41) is 17.6. The predicted molar refractivity (Wildman–Crippen MR) is 63.4 cm³/mol. The van der Waals surface area contributed by atoms with Gasteiger partial charge in [0.1, 0.15) is 23.7 Å². The van der Waals surface area contributed by atoms with Gasteiger partial charge in [-0.2, -0.15) is 0 Å². The summed E-state index contributed by atoms with van der Waals surface area (Å²) >= 11 is 0. The molecule has 98 valence electrons. The van der Waals surface area contributed by atoms with E-state index < -0.39 is 11.9 Å². The standard InChI is InChI=1S/C13H10O6/c14-12(15)9-3-1-2-4-10(9)18-7-8-5-6-11(19-8)13(16)17/h1-6H,7H2,(H,14,15)(H,16,17). The molecule has 2 N–H and O–H groups in total. The third-order valence-electron chi connectivity index (χ3n) is 2.36. The molecule has 2 aromatic rings. The highest BCUT2D eigenvalue weighted by Gasteiger charge is 2.12. The van der Waals surface area contributed by atoms with Crippen LogP contribution >= 0.6 is 0 Å². The van der Waals surface area contributed by atoms with Crippen LogP contribution in [0.25, 0.3) is 0 Å². The molecule has 0 atom stereocenters. The van der Waals surface area contributed by atoms with E-state index in [4.69, 9.17) is 19.4 Å². The zero-order valence-electron chi connectivity index (χ0n) is 9.70. The fourth-order valence-electron chi connectivity index (χ4n) is 1.49. The zero-order chi connectivity index (χ0) is 13.8. The minimum absolute atomic E-state index is 0.0347. The lowest BCUT2D eigenvalue weighted by Gasteiger charge is -2.06. The van der Waals surface area contributed by atoms with E-state index in [1.165, 1.54) is 24.3 Å². The number of hydrogen-bond donors (Lipinski definition) is 2. The molecular formula is C13H10O6. The predicted octanol–water partition coefficient (Wildman–Crippen LogP) is 2.25. The van der Waals surface area contributed by atoms with Gasteiger partial charge in [0.05, 0.1) is 0 Å². The summed E-state index contributed by atoms with van der Waals surface area (Å²) in [5.41, 5.74) is 0.0347. The van der Waals surface area contributed by atoms with Crippen LogP contribution < -0.4 is 4.74 Å². The summed E-state index contributed by atoms with van der Waals surface area (Å²) in [6, 6.07) is 8.95. The molecule has 0 aliphatic heterocycles. The number of aromatic carboxylic acids is 2. The third-order valence-corrected chi connectivity index (χ3v) is 2.36. The second kappa shape index (κ2) is 5.26. The van der Waals surface area contributed by atoms with Gasteiger partial charge in [0, 0.05) is 0 Å². The first-order valence-corrected chi connectivity index (χ1v) is 5.35. The van der Waals surface area contributed by atoms with E-state index in [-0.39, 0.29) is 23.7 Å². The van der Waals surface area contributed by atoms with Gasteiger partial charge in [-0.25, -0.2) is 9.59 Å². The van der Waals surface area contributed by atoms with Crippen LogP contribution in [0.3, 0.4) is 0 Å². The van der Waals surface area contributed by atoms with Crippen LogP contribution in [0.5, 0.6) is 5.75 Å².